The predicted molar refractivity (Wildman–Crippen MR) is 73.7 cm³/mol. The SMILES string of the molecule is O=C(NCc1cscn1)c1ccccc1C#CCO. The van der Waals surface area contributed by atoms with E-state index in [0.29, 0.717) is 17.7 Å². The Morgan fingerprint density at radius 3 is 3.00 bits per heavy atom. The maximum atomic E-state index is 12.1. The molecule has 0 aliphatic carbocycles. The van der Waals surface area contributed by atoms with Crippen LogP contribution in [0.1, 0.15) is 21.6 Å². The summed E-state index contributed by atoms with van der Waals surface area (Å²) in [6.45, 7) is 0.166. The fourth-order valence-corrected chi connectivity index (χ4v) is 2.07. The molecular weight excluding hydrogens is 260 g/mol. The van der Waals surface area contributed by atoms with E-state index >= 15 is 0 Å². The van der Waals surface area contributed by atoms with Crippen LogP contribution in [0.5, 0.6) is 0 Å². The van der Waals surface area contributed by atoms with Crippen molar-refractivity contribution < 1.29 is 9.90 Å². The predicted octanol–water partition coefficient (Wildman–Crippen LogP) is 1.42. The maximum absolute atomic E-state index is 12.1. The van der Waals surface area contributed by atoms with Gasteiger partial charge in [0, 0.05) is 10.9 Å². The zero-order chi connectivity index (χ0) is 13.5. The third-order valence-electron chi connectivity index (χ3n) is 2.39. The number of nitrogens with one attached hydrogen (secondary N) is 1. The van der Waals surface area contributed by atoms with Crippen molar-refractivity contribution in [1.29, 1.82) is 0 Å². The lowest BCUT2D eigenvalue weighted by Gasteiger charge is -2.05. The van der Waals surface area contributed by atoms with Gasteiger partial charge < -0.3 is 10.4 Å². The van der Waals surface area contributed by atoms with Gasteiger partial charge in [0.25, 0.3) is 5.91 Å². The second-order valence-corrected chi connectivity index (χ2v) is 4.39. The molecule has 0 saturated carbocycles. The number of hydrogen-bond acceptors (Lipinski definition) is 4. The van der Waals surface area contributed by atoms with E-state index in [1.165, 1.54) is 11.3 Å². The van der Waals surface area contributed by atoms with E-state index in [1.807, 2.05) is 5.38 Å². The molecule has 5 heteroatoms. The first-order valence-electron chi connectivity index (χ1n) is 5.65. The van der Waals surface area contributed by atoms with Gasteiger partial charge in [-0.15, -0.1) is 11.3 Å². The summed E-state index contributed by atoms with van der Waals surface area (Å²) in [7, 11) is 0. The molecule has 2 N–H and O–H groups in total. The number of hydrogen-bond donors (Lipinski definition) is 2. The Morgan fingerprint density at radius 1 is 1.42 bits per heavy atom. The number of rotatable bonds is 3. The molecule has 1 aromatic heterocycles. The molecule has 2 aromatic rings. The number of nitrogens with zero attached hydrogens (tertiary/aromatic N) is 1. The standard InChI is InChI=1S/C14H12N2O2S/c17-7-3-5-11-4-1-2-6-13(11)14(18)15-8-12-9-19-10-16-12/h1-2,4,6,9-10,17H,7-8H2,(H,15,18). The molecule has 0 unspecified atom stereocenters. The highest BCUT2D eigenvalue weighted by atomic mass is 32.1. The Morgan fingerprint density at radius 2 is 2.26 bits per heavy atom. The number of thiazole rings is 1. The molecule has 96 valence electrons. The molecule has 1 aromatic carbocycles. The van der Waals surface area contributed by atoms with Gasteiger partial charge in [-0.25, -0.2) is 4.98 Å². The number of carbonyl (C=O) groups excluding carboxylic acids is 1. The van der Waals surface area contributed by atoms with E-state index in [-0.39, 0.29) is 12.5 Å². The minimum Gasteiger partial charge on any atom is -0.384 e. The molecule has 0 spiro atoms. The van der Waals surface area contributed by atoms with Gasteiger partial charge in [0.15, 0.2) is 0 Å². The molecule has 1 amide bonds. The molecule has 0 saturated heterocycles. The van der Waals surface area contributed by atoms with Crippen LogP contribution in [0.3, 0.4) is 0 Å². The molecule has 0 radical (unpaired) electrons. The van der Waals surface area contributed by atoms with Crippen LogP contribution in [-0.4, -0.2) is 22.6 Å². The largest absolute Gasteiger partial charge is 0.384 e. The average Bonchev–Trinajstić information content (AvgIpc) is 2.96. The summed E-state index contributed by atoms with van der Waals surface area (Å²) in [6.07, 6.45) is 0. The van der Waals surface area contributed by atoms with E-state index in [2.05, 4.69) is 22.1 Å². The first kappa shape index (κ1) is 13.3. The van der Waals surface area contributed by atoms with Crippen LogP contribution in [-0.2, 0) is 6.54 Å². The third kappa shape index (κ3) is 3.65. The molecule has 1 heterocycles. The Bertz CT molecular complexity index is 612. The van der Waals surface area contributed by atoms with E-state index in [1.54, 1.807) is 29.8 Å². The molecule has 0 atom stereocenters. The van der Waals surface area contributed by atoms with Gasteiger partial charge in [-0.05, 0) is 12.1 Å². The number of benzene rings is 1. The molecule has 0 bridgehead atoms. The van der Waals surface area contributed by atoms with E-state index in [9.17, 15) is 4.79 Å². The summed E-state index contributed by atoms with van der Waals surface area (Å²) in [5.41, 5.74) is 3.66. The van der Waals surface area contributed by atoms with Gasteiger partial charge in [0.2, 0.25) is 0 Å². The van der Waals surface area contributed by atoms with Gasteiger partial charge in [-0.2, -0.15) is 0 Å². The topological polar surface area (TPSA) is 62.2 Å². The van der Waals surface area contributed by atoms with Crippen LogP contribution < -0.4 is 5.32 Å². The van der Waals surface area contributed by atoms with Crippen molar-refractivity contribution >= 4 is 17.2 Å². The van der Waals surface area contributed by atoms with Crippen LogP contribution >= 0.6 is 11.3 Å². The number of aliphatic hydroxyl groups is 1. The number of carbonyl (C=O) groups is 1. The summed E-state index contributed by atoms with van der Waals surface area (Å²) < 4.78 is 0. The van der Waals surface area contributed by atoms with Gasteiger partial charge >= 0.3 is 0 Å². The van der Waals surface area contributed by atoms with Crippen molar-refractivity contribution in [2.75, 3.05) is 6.61 Å². The van der Waals surface area contributed by atoms with Gasteiger partial charge in [-0.3, -0.25) is 4.79 Å². The van der Waals surface area contributed by atoms with E-state index < -0.39 is 0 Å². The lowest BCUT2D eigenvalue weighted by Crippen LogP contribution is -2.23. The van der Waals surface area contributed by atoms with Crippen LogP contribution in [0.25, 0.3) is 0 Å². The second kappa shape index (κ2) is 6.69. The van der Waals surface area contributed by atoms with Crippen molar-refractivity contribution in [2.45, 2.75) is 6.54 Å². The fourth-order valence-electron chi connectivity index (χ4n) is 1.52. The maximum Gasteiger partial charge on any atom is 0.252 e. The van der Waals surface area contributed by atoms with Crippen molar-refractivity contribution in [1.82, 2.24) is 10.3 Å². The Hall–Kier alpha value is -2.16. The van der Waals surface area contributed by atoms with Crippen LogP contribution in [0.2, 0.25) is 0 Å². The summed E-state index contributed by atoms with van der Waals surface area (Å²) in [6, 6.07) is 7.04. The zero-order valence-electron chi connectivity index (χ0n) is 10.1. The molecule has 0 aliphatic heterocycles. The summed E-state index contributed by atoms with van der Waals surface area (Å²) in [4.78, 5) is 16.2. The highest BCUT2D eigenvalue weighted by Crippen LogP contribution is 2.08. The zero-order valence-corrected chi connectivity index (χ0v) is 10.9. The highest BCUT2D eigenvalue weighted by Gasteiger charge is 2.09. The van der Waals surface area contributed by atoms with Crippen LogP contribution in [0, 0.1) is 11.8 Å². The Balaban J connectivity index is 2.10. The third-order valence-corrected chi connectivity index (χ3v) is 3.02. The number of amides is 1. The second-order valence-electron chi connectivity index (χ2n) is 3.67. The molecule has 19 heavy (non-hydrogen) atoms. The van der Waals surface area contributed by atoms with Gasteiger partial charge in [0.1, 0.15) is 6.61 Å². The summed E-state index contributed by atoms with van der Waals surface area (Å²) >= 11 is 1.49. The lowest BCUT2D eigenvalue weighted by molar-refractivity contribution is 0.0950. The summed E-state index contributed by atoms with van der Waals surface area (Å²) in [5.74, 6) is 5.11. The first-order valence-corrected chi connectivity index (χ1v) is 6.59. The van der Waals surface area contributed by atoms with Crippen molar-refractivity contribution in [2.24, 2.45) is 0 Å². The normalized spacial score (nSPS) is 9.53. The molecule has 0 fully saturated rings. The monoisotopic (exact) mass is 272 g/mol. The average molecular weight is 272 g/mol. The molecular formula is C14H12N2O2S. The molecule has 0 aliphatic rings. The van der Waals surface area contributed by atoms with Crippen LogP contribution in [0.15, 0.2) is 35.2 Å². The summed E-state index contributed by atoms with van der Waals surface area (Å²) in [5, 5.41) is 13.4. The van der Waals surface area contributed by atoms with E-state index in [4.69, 9.17) is 5.11 Å². The van der Waals surface area contributed by atoms with Crippen molar-refractivity contribution in [3.8, 4) is 11.8 Å². The Kier molecular flexibility index (Phi) is 4.67. The first-order chi connectivity index (χ1) is 9.31. The lowest BCUT2D eigenvalue weighted by atomic mass is 10.1. The minimum absolute atomic E-state index is 0.198. The van der Waals surface area contributed by atoms with E-state index in [0.717, 1.165) is 5.69 Å². The van der Waals surface area contributed by atoms with Gasteiger partial charge in [0.05, 0.1) is 23.3 Å². The number of aromatic nitrogens is 1. The quantitative estimate of drug-likeness (QED) is 0.831. The number of aliphatic hydroxyl groups excluding tert-OH is 1. The van der Waals surface area contributed by atoms with Gasteiger partial charge in [-0.1, -0.05) is 24.0 Å². The smallest absolute Gasteiger partial charge is 0.252 e. The van der Waals surface area contributed by atoms with Crippen LogP contribution in [0.4, 0.5) is 0 Å². The fraction of sp³-hybridized carbons (Fsp3) is 0.143. The molecule has 4 nitrogen and oxygen atoms in total. The minimum atomic E-state index is -0.227. The molecule has 2 rings (SSSR count). The van der Waals surface area contributed by atoms with Crippen molar-refractivity contribution in [3.63, 3.8) is 0 Å². The Labute approximate surface area is 115 Å². The highest BCUT2D eigenvalue weighted by molar-refractivity contribution is 7.07. The van der Waals surface area contributed by atoms with Crippen molar-refractivity contribution in [3.05, 3.63) is 52.0 Å².